The molecule has 1 aromatic rings. The maximum Gasteiger partial charge on any atom is 0.0888 e. The van der Waals surface area contributed by atoms with Gasteiger partial charge in [-0.05, 0) is 30.0 Å². The molecule has 0 radical (unpaired) electrons. The van der Waals surface area contributed by atoms with Crippen LogP contribution in [0.1, 0.15) is 17.9 Å². The van der Waals surface area contributed by atoms with Crippen LogP contribution >= 0.6 is 0 Å². The fourth-order valence-electron chi connectivity index (χ4n) is 1.90. The van der Waals surface area contributed by atoms with E-state index < -0.39 is 0 Å². The summed E-state index contributed by atoms with van der Waals surface area (Å²) in [5.74, 6) is 1.02. The van der Waals surface area contributed by atoms with Crippen LogP contribution in [-0.4, -0.2) is 11.8 Å². The number of benzene rings is 1. The van der Waals surface area contributed by atoms with Gasteiger partial charge in [-0.2, -0.15) is 0 Å². The SMILES string of the molecule is C=C(O)C1CC1c1ccc(NCN)cc1. The molecule has 2 atom stereocenters. The molecule has 0 aliphatic heterocycles. The van der Waals surface area contributed by atoms with E-state index >= 15 is 0 Å². The Bertz CT molecular complexity index is 358. The second-order valence-corrected chi connectivity index (χ2v) is 3.94. The molecule has 0 aromatic heterocycles. The summed E-state index contributed by atoms with van der Waals surface area (Å²) in [6.07, 6.45) is 1.01. The fraction of sp³-hybridized carbons (Fsp3) is 0.333. The van der Waals surface area contributed by atoms with E-state index in [1.54, 1.807) is 0 Å². The van der Waals surface area contributed by atoms with E-state index in [1.165, 1.54) is 5.56 Å². The van der Waals surface area contributed by atoms with Crippen LogP contribution < -0.4 is 11.1 Å². The van der Waals surface area contributed by atoms with Gasteiger partial charge in [0.15, 0.2) is 0 Å². The third-order valence-electron chi connectivity index (χ3n) is 2.86. The highest BCUT2D eigenvalue weighted by atomic mass is 16.3. The van der Waals surface area contributed by atoms with Gasteiger partial charge in [0, 0.05) is 11.6 Å². The van der Waals surface area contributed by atoms with Crippen LogP contribution in [0.25, 0.3) is 0 Å². The summed E-state index contributed by atoms with van der Waals surface area (Å²) in [6, 6.07) is 8.17. The van der Waals surface area contributed by atoms with Crippen molar-refractivity contribution in [2.45, 2.75) is 12.3 Å². The summed E-state index contributed by atoms with van der Waals surface area (Å²) < 4.78 is 0. The number of allylic oxidation sites excluding steroid dienone is 1. The number of anilines is 1. The lowest BCUT2D eigenvalue weighted by Gasteiger charge is -2.04. The molecule has 0 saturated heterocycles. The maximum atomic E-state index is 9.24. The van der Waals surface area contributed by atoms with E-state index in [0.29, 0.717) is 18.3 Å². The first-order valence-electron chi connectivity index (χ1n) is 5.14. The third kappa shape index (κ3) is 2.13. The van der Waals surface area contributed by atoms with Crippen LogP contribution in [0.3, 0.4) is 0 Å². The highest BCUT2D eigenvalue weighted by Crippen LogP contribution is 2.50. The van der Waals surface area contributed by atoms with Gasteiger partial charge in [-0.25, -0.2) is 0 Å². The van der Waals surface area contributed by atoms with Gasteiger partial charge < -0.3 is 16.2 Å². The standard InChI is InChI=1S/C12H16N2O/c1-8(15)11-6-12(11)9-2-4-10(5-3-9)14-7-13/h2-5,11-12,14-15H,1,6-7,13H2. The van der Waals surface area contributed by atoms with Crippen molar-refractivity contribution >= 4 is 5.69 Å². The summed E-state index contributed by atoms with van der Waals surface area (Å²) in [5.41, 5.74) is 7.67. The number of aliphatic hydroxyl groups excluding tert-OH is 1. The van der Waals surface area contributed by atoms with Crippen molar-refractivity contribution in [2.24, 2.45) is 11.7 Å². The quantitative estimate of drug-likeness (QED) is 0.520. The van der Waals surface area contributed by atoms with Crippen molar-refractivity contribution in [3.05, 3.63) is 42.2 Å². The van der Waals surface area contributed by atoms with Gasteiger partial charge in [0.25, 0.3) is 0 Å². The van der Waals surface area contributed by atoms with E-state index in [2.05, 4.69) is 24.0 Å². The minimum atomic E-state index is 0.262. The van der Waals surface area contributed by atoms with Crippen molar-refractivity contribution in [2.75, 3.05) is 12.0 Å². The Morgan fingerprint density at radius 2 is 2.13 bits per heavy atom. The molecule has 0 heterocycles. The Morgan fingerprint density at radius 1 is 1.47 bits per heavy atom. The topological polar surface area (TPSA) is 58.3 Å². The number of hydrogen-bond donors (Lipinski definition) is 3. The summed E-state index contributed by atoms with van der Waals surface area (Å²) in [6.45, 7) is 4.01. The van der Waals surface area contributed by atoms with Gasteiger partial charge in [0.2, 0.25) is 0 Å². The predicted molar refractivity (Wildman–Crippen MR) is 61.7 cm³/mol. The molecule has 15 heavy (non-hydrogen) atoms. The molecule has 4 N–H and O–H groups in total. The highest BCUT2D eigenvalue weighted by molar-refractivity contribution is 5.46. The minimum Gasteiger partial charge on any atom is -0.513 e. The molecule has 1 aliphatic rings. The van der Waals surface area contributed by atoms with Crippen LogP contribution in [0, 0.1) is 5.92 Å². The summed E-state index contributed by atoms with van der Waals surface area (Å²) in [4.78, 5) is 0. The molecule has 3 heteroatoms. The smallest absolute Gasteiger partial charge is 0.0888 e. The van der Waals surface area contributed by atoms with Crippen molar-refractivity contribution < 1.29 is 5.11 Å². The van der Waals surface area contributed by atoms with Gasteiger partial charge >= 0.3 is 0 Å². The lowest BCUT2D eigenvalue weighted by molar-refractivity contribution is 0.379. The highest BCUT2D eigenvalue weighted by Gasteiger charge is 2.40. The Balaban J connectivity index is 2.03. The van der Waals surface area contributed by atoms with Crippen LogP contribution in [0.5, 0.6) is 0 Å². The summed E-state index contributed by atoms with van der Waals surface area (Å²) in [5, 5.41) is 12.3. The molecule has 1 saturated carbocycles. The van der Waals surface area contributed by atoms with Gasteiger partial charge in [0.1, 0.15) is 0 Å². The van der Waals surface area contributed by atoms with Crippen molar-refractivity contribution in [3.8, 4) is 0 Å². The number of aliphatic hydroxyl groups is 1. The molecule has 0 amide bonds. The van der Waals surface area contributed by atoms with Crippen LogP contribution in [0.4, 0.5) is 5.69 Å². The monoisotopic (exact) mass is 204 g/mol. The van der Waals surface area contributed by atoms with Crippen LogP contribution in [0.15, 0.2) is 36.6 Å². The maximum absolute atomic E-state index is 9.24. The molecule has 0 bridgehead atoms. The van der Waals surface area contributed by atoms with Gasteiger partial charge in [0.05, 0.1) is 12.4 Å². The number of rotatable bonds is 4. The molecular weight excluding hydrogens is 188 g/mol. The molecule has 2 unspecified atom stereocenters. The fourth-order valence-corrected chi connectivity index (χ4v) is 1.90. The Kier molecular flexibility index (Phi) is 2.64. The van der Waals surface area contributed by atoms with Gasteiger partial charge in [-0.15, -0.1) is 0 Å². The minimum absolute atomic E-state index is 0.262. The molecule has 1 fully saturated rings. The number of hydrogen-bond acceptors (Lipinski definition) is 3. The first kappa shape index (κ1) is 10.1. The molecule has 80 valence electrons. The van der Waals surface area contributed by atoms with E-state index in [9.17, 15) is 5.11 Å². The average molecular weight is 204 g/mol. The zero-order chi connectivity index (χ0) is 10.8. The van der Waals surface area contributed by atoms with Crippen molar-refractivity contribution in [3.63, 3.8) is 0 Å². The average Bonchev–Trinajstić information content (AvgIpc) is 2.99. The normalized spacial score (nSPS) is 23.5. The van der Waals surface area contributed by atoms with E-state index in [-0.39, 0.29) is 5.92 Å². The van der Waals surface area contributed by atoms with Crippen molar-refractivity contribution in [1.29, 1.82) is 0 Å². The number of nitrogens with one attached hydrogen (secondary N) is 1. The molecule has 2 rings (SSSR count). The molecular formula is C12H16N2O. The van der Waals surface area contributed by atoms with E-state index in [0.717, 1.165) is 12.1 Å². The van der Waals surface area contributed by atoms with E-state index in [4.69, 9.17) is 5.73 Å². The van der Waals surface area contributed by atoms with Crippen molar-refractivity contribution in [1.82, 2.24) is 0 Å². The molecule has 0 spiro atoms. The zero-order valence-corrected chi connectivity index (χ0v) is 8.61. The second-order valence-electron chi connectivity index (χ2n) is 3.94. The summed E-state index contributed by atoms with van der Waals surface area (Å²) >= 11 is 0. The van der Waals surface area contributed by atoms with Crippen LogP contribution in [0.2, 0.25) is 0 Å². The molecule has 1 aromatic carbocycles. The molecule has 1 aliphatic carbocycles. The molecule has 3 nitrogen and oxygen atoms in total. The first-order chi connectivity index (χ1) is 7.22. The first-order valence-corrected chi connectivity index (χ1v) is 5.14. The predicted octanol–water partition coefficient (Wildman–Crippen LogP) is 2.19. The number of nitrogens with two attached hydrogens (primary N) is 1. The largest absolute Gasteiger partial charge is 0.513 e. The lowest BCUT2D eigenvalue weighted by Crippen LogP contribution is -2.10. The lowest BCUT2D eigenvalue weighted by atomic mass is 10.1. The van der Waals surface area contributed by atoms with Crippen LogP contribution in [-0.2, 0) is 0 Å². The Labute approximate surface area is 89.6 Å². The third-order valence-corrected chi connectivity index (χ3v) is 2.86. The summed E-state index contributed by atoms with van der Waals surface area (Å²) in [7, 11) is 0. The van der Waals surface area contributed by atoms with Gasteiger partial charge in [-0.3, -0.25) is 0 Å². The van der Waals surface area contributed by atoms with Gasteiger partial charge in [-0.1, -0.05) is 18.7 Å². The second kappa shape index (κ2) is 3.95. The Morgan fingerprint density at radius 3 is 2.60 bits per heavy atom. The van der Waals surface area contributed by atoms with E-state index in [1.807, 2.05) is 12.1 Å². The zero-order valence-electron chi connectivity index (χ0n) is 8.61. The Hall–Kier alpha value is -1.48.